The van der Waals surface area contributed by atoms with Crippen LogP contribution in [0.3, 0.4) is 0 Å². The molecule has 1 N–H and O–H groups in total. The number of hydrogen-bond acceptors (Lipinski definition) is 2. The Labute approximate surface area is 77.7 Å². The lowest BCUT2D eigenvalue weighted by Crippen LogP contribution is -2.20. The molecular weight excluding hydrogens is 169 g/mol. The number of benzene rings is 1. The van der Waals surface area contributed by atoms with Crippen molar-refractivity contribution in [1.29, 1.82) is 0 Å². The Morgan fingerprint density at radius 3 is 2.92 bits per heavy atom. The van der Waals surface area contributed by atoms with Crippen LogP contribution in [-0.4, -0.2) is 19.8 Å². The van der Waals surface area contributed by atoms with Crippen molar-refractivity contribution < 1.29 is 9.13 Å². The second kappa shape index (κ2) is 4.82. The second-order valence-corrected chi connectivity index (χ2v) is 3.01. The fraction of sp³-hybridized carbons (Fsp3) is 0.400. The van der Waals surface area contributed by atoms with E-state index in [0.29, 0.717) is 6.61 Å². The third kappa shape index (κ3) is 3.42. The van der Waals surface area contributed by atoms with Gasteiger partial charge in [0.05, 0.1) is 6.61 Å². The molecule has 3 heteroatoms. The zero-order valence-electron chi connectivity index (χ0n) is 7.88. The van der Waals surface area contributed by atoms with Crippen LogP contribution in [-0.2, 0) is 4.74 Å². The summed E-state index contributed by atoms with van der Waals surface area (Å²) in [5.41, 5.74) is 0.782. The molecule has 1 unspecified atom stereocenters. The van der Waals surface area contributed by atoms with Crippen LogP contribution in [0.2, 0.25) is 0 Å². The number of nitrogens with one attached hydrogen (secondary N) is 1. The first-order valence-corrected chi connectivity index (χ1v) is 4.23. The number of halogens is 1. The van der Waals surface area contributed by atoms with Crippen LogP contribution in [0.4, 0.5) is 10.1 Å². The number of anilines is 1. The first-order valence-electron chi connectivity index (χ1n) is 4.23. The fourth-order valence-corrected chi connectivity index (χ4v) is 1.15. The van der Waals surface area contributed by atoms with Gasteiger partial charge in [-0.3, -0.25) is 0 Å². The van der Waals surface area contributed by atoms with E-state index in [0.717, 1.165) is 5.69 Å². The van der Waals surface area contributed by atoms with Crippen molar-refractivity contribution in [3.63, 3.8) is 0 Å². The van der Waals surface area contributed by atoms with Gasteiger partial charge in [0.2, 0.25) is 0 Å². The molecule has 1 rings (SSSR count). The van der Waals surface area contributed by atoms with Gasteiger partial charge in [-0.15, -0.1) is 0 Å². The summed E-state index contributed by atoms with van der Waals surface area (Å²) in [5.74, 6) is -0.227. The molecule has 0 heterocycles. The standard InChI is InChI=1S/C10H14FNO/c1-8(7-13-2)12-10-5-3-4-9(11)6-10/h3-6,8,12H,7H2,1-2H3. The Morgan fingerprint density at radius 1 is 1.54 bits per heavy atom. The molecule has 72 valence electrons. The Kier molecular flexibility index (Phi) is 3.71. The van der Waals surface area contributed by atoms with Crippen molar-refractivity contribution in [1.82, 2.24) is 0 Å². The molecular formula is C10H14FNO. The molecule has 0 saturated heterocycles. The lowest BCUT2D eigenvalue weighted by Gasteiger charge is -2.13. The molecule has 0 aliphatic rings. The van der Waals surface area contributed by atoms with Crippen molar-refractivity contribution in [2.75, 3.05) is 19.0 Å². The molecule has 0 aromatic heterocycles. The minimum atomic E-state index is -0.227. The first-order chi connectivity index (χ1) is 6.22. The van der Waals surface area contributed by atoms with Crippen LogP contribution < -0.4 is 5.32 Å². The summed E-state index contributed by atoms with van der Waals surface area (Å²) < 4.78 is 17.7. The highest BCUT2D eigenvalue weighted by atomic mass is 19.1. The molecule has 0 aliphatic carbocycles. The maximum Gasteiger partial charge on any atom is 0.125 e. The third-order valence-electron chi connectivity index (χ3n) is 1.65. The van der Waals surface area contributed by atoms with Crippen molar-refractivity contribution >= 4 is 5.69 Å². The highest BCUT2D eigenvalue weighted by Gasteiger charge is 2.00. The Morgan fingerprint density at radius 2 is 2.31 bits per heavy atom. The molecule has 1 aromatic carbocycles. The molecule has 0 fully saturated rings. The quantitative estimate of drug-likeness (QED) is 0.773. The van der Waals surface area contributed by atoms with Gasteiger partial charge < -0.3 is 10.1 Å². The van der Waals surface area contributed by atoms with Crippen LogP contribution in [0.1, 0.15) is 6.92 Å². The normalized spacial score (nSPS) is 12.5. The van der Waals surface area contributed by atoms with Gasteiger partial charge in [-0.1, -0.05) is 6.07 Å². The number of hydrogen-bond donors (Lipinski definition) is 1. The average Bonchev–Trinajstić information content (AvgIpc) is 2.04. The van der Waals surface area contributed by atoms with Gasteiger partial charge in [-0.05, 0) is 25.1 Å². The molecule has 0 amide bonds. The molecule has 0 spiro atoms. The smallest absolute Gasteiger partial charge is 0.125 e. The summed E-state index contributed by atoms with van der Waals surface area (Å²) in [6.45, 7) is 2.59. The summed E-state index contributed by atoms with van der Waals surface area (Å²) in [4.78, 5) is 0. The van der Waals surface area contributed by atoms with Crippen LogP contribution in [0.15, 0.2) is 24.3 Å². The Balaban J connectivity index is 2.53. The van der Waals surface area contributed by atoms with Crippen LogP contribution >= 0.6 is 0 Å². The second-order valence-electron chi connectivity index (χ2n) is 3.01. The fourth-order valence-electron chi connectivity index (χ4n) is 1.15. The van der Waals surface area contributed by atoms with E-state index in [1.165, 1.54) is 12.1 Å². The predicted octanol–water partition coefficient (Wildman–Crippen LogP) is 2.27. The minimum absolute atomic E-state index is 0.187. The monoisotopic (exact) mass is 183 g/mol. The van der Waals surface area contributed by atoms with E-state index in [9.17, 15) is 4.39 Å². The molecule has 1 atom stereocenters. The summed E-state index contributed by atoms with van der Waals surface area (Å²) in [5, 5.41) is 3.12. The molecule has 0 saturated carbocycles. The van der Waals surface area contributed by atoms with Gasteiger partial charge in [0.15, 0.2) is 0 Å². The third-order valence-corrected chi connectivity index (χ3v) is 1.65. The molecule has 0 bridgehead atoms. The summed E-state index contributed by atoms with van der Waals surface area (Å²) in [6.07, 6.45) is 0. The van der Waals surface area contributed by atoms with Crippen LogP contribution in [0, 0.1) is 5.82 Å². The maximum atomic E-state index is 12.7. The topological polar surface area (TPSA) is 21.3 Å². The van der Waals surface area contributed by atoms with E-state index in [4.69, 9.17) is 4.74 Å². The summed E-state index contributed by atoms with van der Waals surface area (Å²) >= 11 is 0. The van der Waals surface area contributed by atoms with Crippen molar-refractivity contribution in [3.8, 4) is 0 Å². The van der Waals surface area contributed by atoms with E-state index in [1.54, 1.807) is 13.2 Å². The SMILES string of the molecule is COCC(C)Nc1cccc(F)c1. The first kappa shape index (κ1) is 9.99. The Bertz CT molecular complexity index is 265. The van der Waals surface area contributed by atoms with Crippen molar-refractivity contribution in [2.24, 2.45) is 0 Å². The van der Waals surface area contributed by atoms with E-state index < -0.39 is 0 Å². The van der Waals surface area contributed by atoms with Gasteiger partial charge in [0.25, 0.3) is 0 Å². The zero-order valence-corrected chi connectivity index (χ0v) is 7.88. The van der Waals surface area contributed by atoms with E-state index in [1.807, 2.05) is 13.0 Å². The zero-order chi connectivity index (χ0) is 9.68. The summed E-state index contributed by atoms with van der Waals surface area (Å²) in [7, 11) is 1.64. The van der Waals surface area contributed by atoms with Crippen LogP contribution in [0.5, 0.6) is 0 Å². The average molecular weight is 183 g/mol. The van der Waals surface area contributed by atoms with Crippen LogP contribution in [0.25, 0.3) is 0 Å². The van der Waals surface area contributed by atoms with E-state index in [-0.39, 0.29) is 11.9 Å². The molecule has 2 nitrogen and oxygen atoms in total. The number of ether oxygens (including phenoxy) is 1. The molecule has 0 aliphatic heterocycles. The Hall–Kier alpha value is -1.09. The molecule has 0 radical (unpaired) electrons. The van der Waals surface area contributed by atoms with Gasteiger partial charge in [-0.2, -0.15) is 0 Å². The largest absolute Gasteiger partial charge is 0.383 e. The lowest BCUT2D eigenvalue weighted by atomic mass is 10.2. The predicted molar refractivity (Wildman–Crippen MR) is 51.4 cm³/mol. The maximum absolute atomic E-state index is 12.7. The van der Waals surface area contributed by atoms with Gasteiger partial charge in [0.1, 0.15) is 5.82 Å². The van der Waals surface area contributed by atoms with Gasteiger partial charge in [0, 0.05) is 18.8 Å². The van der Waals surface area contributed by atoms with Gasteiger partial charge in [-0.25, -0.2) is 4.39 Å². The number of methoxy groups -OCH3 is 1. The molecule has 1 aromatic rings. The van der Waals surface area contributed by atoms with Crippen molar-refractivity contribution in [2.45, 2.75) is 13.0 Å². The van der Waals surface area contributed by atoms with E-state index in [2.05, 4.69) is 5.32 Å². The summed E-state index contributed by atoms with van der Waals surface area (Å²) in [6, 6.07) is 6.58. The number of rotatable bonds is 4. The van der Waals surface area contributed by atoms with E-state index >= 15 is 0 Å². The molecule has 13 heavy (non-hydrogen) atoms. The highest BCUT2D eigenvalue weighted by Crippen LogP contribution is 2.10. The minimum Gasteiger partial charge on any atom is -0.383 e. The lowest BCUT2D eigenvalue weighted by molar-refractivity contribution is 0.190. The van der Waals surface area contributed by atoms with Gasteiger partial charge >= 0.3 is 0 Å². The van der Waals surface area contributed by atoms with Crippen molar-refractivity contribution in [3.05, 3.63) is 30.1 Å². The highest BCUT2D eigenvalue weighted by molar-refractivity contribution is 5.43.